The van der Waals surface area contributed by atoms with E-state index < -0.39 is 5.97 Å². The van der Waals surface area contributed by atoms with E-state index in [2.05, 4.69) is 0 Å². The van der Waals surface area contributed by atoms with Crippen molar-refractivity contribution in [3.8, 4) is 0 Å². The van der Waals surface area contributed by atoms with E-state index in [1.165, 1.54) is 6.08 Å². The molecule has 0 aliphatic heterocycles. The molecule has 14 heavy (non-hydrogen) atoms. The Morgan fingerprint density at radius 2 is 1.64 bits per heavy atom. The molecular formula is C9H9KO4-2. The van der Waals surface area contributed by atoms with E-state index in [9.17, 15) is 9.90 Å². The van der Waals surface area contributed by atoms with Crippen LogP contribution in [0.2, 0.25) is 0 Å². The number of hydrogen-bond donors (Lipinski definition) is 0. The van der Waals surface area contributed by atoms with E-state index in [1.54, 1.807) is 0 Å². The Balaban J connectivity index is -0.000000403. The number of benzene rings is 1. The summed E-state index contributed by atoms with van der Waals surface area (Å²) in [7, 11) is 0. The van der Waals surface area contributed by atoms with Crippen molar-refractivity contribution in [1.82, 2.24) is 0 Å². The molecule has 0 unspecified atom stereocenters. The van der Waals surface area contributed by atoms with Crippen LogP contribution in [0.3, 0.4) is 0 Å². The normalized spacial score (nSPS) is 8.00. The summed E-state index contributed by atoms with van der Waals surface area (Å²) in [4.78, 5) is 9.97. The van der Waals surface area contributed by atoms with Crippen molar-refractivity contribution in [3.63, 3.8) is 0 Å². The van der Waals surface area contributed by atoms with E-state index in [0.29, 0.717) is 0 Å². The number of aliphatic carboxylic acids is 1. The molecule has 0 amide bonds. The van der Waals surface area contributed by atoms with Gasteiger partial charge in [-0.2, -0.15) is 0 Å². The second-order valence-electron chi connectivity index (χ2n) is 2.06. The van der Waals surface area contributed by atoms with E-state index in [1.807, 2.05) is 30.3 Å². The van der Waals surface area contributed by atoms with Gasteiger partial charge >= 0.3 is 51.4 Å². The van der Waals surface area contributed by atoms with Crippen LogP contribution >= 0.6 is 0 Å². The monoisotopic (exact) mass is 220 g/mol. The Labute approximate surface area is 125 Å². The van der Waals surface area contributed by atoms with Crippen molar-refractivity contribution in [2.75, 3.05) is 0 Å². The van der Waals surface area contributed by atoms with Crippen LogP contribution in [-0.2, 0) is 4.79 Å². The smallest absolute Gasteiger partial charge is 0.870 e. The average molecular weight is 220 g/mol. The summed E-state index contributed by atoms with van der Waals surface area (Å²) in [6.45, 7) is 0. The minimum Gasteiger partial charge on any atom is -0.870 e. The summed E-state index contributed by atoms with van der Waals surface area (Å²) >= 11 is 0. The molecule has 0 saturated heterocycles. The number of hydrogen-bond acceptors (Lipinski definition) is 4. The molecule has 0 aliphatic rings. The summed E-state index contributed by atoms with van der Waals surface area (Å²) in [5.41, 5.74) is 0.858. The van der Waals surface area contributed by atoms with Gasteiger partial charge in [-0.1, -0.05) is 36.4 Å². The quantitative estimate of drug-likeness (QED) is 0.394. The largest absolute Gasteiger partial charge is 1.00 e. The average Bonchev–Trinajstić information content (AvgIpc) is 2.03. The molecule has 0 atom stereocenters. The van der Waals surface area contributed by atoms with Crippen molar-refractivity contribution in [1.29, 1.82) is 0 Å². The van der Waals surface area contributed by atoms with Crippen LogP contribution in [0.1, 0.15) is 5.56 Å². The standard InChI is InChI=1S/C9H8O2.K.2H2O/c10-9(11)7-6-8-4-2-1-3-5-8;;;/h1-7H,(H,10,11);;2*1H2/q;+1;;/p-3/b7-6+;;;. The van der Waals surface area contributed by atoms with E-state index >= 15 is 0 Å². The molecule has 0 spiro atoms. The summed E-state index contributed by atoms with van der Waals surface area (Å²) in [6, 6.07) is 9.19. The topological polar surface area (TPSA) is 100 Å². The van der Waals surface area contributed by atoms with Gasteiger partial charge in [0.1, 0.15) is 0 Å². The van der Waals surface area contributed by atoms with Crippen LogP contribution in [0.25, 0.3) is 6.08 Å². The van der Waals surface area contributed by atoms with Gasteiger partial charge in [0.05, 0.1) is 5.97 Å². The molecule has 1 rings (SSSR count). The van der Waals surface area contributed by atoms with Crippen molar-refractivity contribution >= 4 is 12.0 Å². The Hall–Kier alpha value is -0.0136. The molecule has 4 nitrogen and oxygen atoms in total. The van der Waals surface area contributed by atoms with Gasteiger partial charge in [-0.05, 0) is 11.6 Å². The number of rotatable bonds is 2. The van der Waals surface area contributed by atoms with E-state index in [0.717, 1.165) is 11.6 Å². The fourth-order valence-corrected chi connectivity index (χ4v) is 0.728. The van der Waals surface area contributed by atoms with Gasteiger partial charge in [-0.3, -0.25) is 0 Å². The Morgan fingerprint density at radius 1 is 1.14 bits per heavy atom. The number of carbonyl (C=O) groups excluding carboxylic acids is 1. The first-order valence-electron chi connectivity index (χ1n) is 3.23. The molecule has 0 aromatic heterocycles. The van der Waals surface area contributed by atoms with Crippen molar-refractivity contribution in [3.05, 3.63) is 42.0 Å². The predicted molar refractivity (Wildman–Crippen MR) is 44.4 cm³/mol. The molecule has 1 aromatic carbocycles. The molecule has 2 N–H and O–H groups in total. The van der Waals surface area contributed by atoms with Crippen LogP contribution in [-0.4, -0.2) is 16.9 Å². The fourth-order valence-electron chi connectivity index (χ4n) is 0.728. The fraction of sp³-hybridized carbons (Fsp3) is 0. The maximum Gasteiger partial charge on any atom is 1.00 e. The molecule has 0 saturated carbocycles. The summed E-state index contributed by atoms with van der Waals surface area (Å²) in [5, 5.41) is 9.97. The molecule has 5 heteroatoms. The van der Waals surface area contributed by atoms with Gasteiger partial charge in [-0.15, -0.1) is 0 Å². The second kappa shape index (κ2) is 11.1. The minimum atomic E-state index is -1.17. The van der Waals surface area contributed by atoms with Crippen LogP contribution < -0.4 is 56.5 Å². The SMILES string of the molecule is O=C([O-])/C=C/c1ccccc1.[K+].[OH-].[OH-]. The van der Waals surface area contributed by atoms with Crippen LogP contribution in [0, 0.1) is 0 Å². The molecule has 0 radical (unpaired) electrons. The number of carboxylic acid groups (broad SMARTS) is 1. The van der Waals surface area contributed by atoms with Gasteiger partial charge in [-0.25, -0.2) is 0 Å². The van der Waals surface area contributed by atoms with Crippen molar-refractivity contribution < 1.29 is 72.2 Å². The van der Waals surface area contributed by atoms with Gasteiger partial charge < -0.3 is 20.9 Å². The van der Waals surface area contributed by atoms with E-state index in [4.69, 9.17) is 0 Å². The van der Waals surface area contributed by atoms with Gasteiger partial charge in [0, 0.05) is 0 Å². The molecular weight excluding hydrogens is 211 g/mol. The third kappa shape index (κ3) is 8.58. The van der Waals surface area contributed by atoms with Crippen molar-refractivity contribution in [2.24, 2.45) is 0 Å². The third-order valence-corrected chi connectivity index (χ3v) is 1.21. The van der Waals surface area contributed by atoms with Crippen LogP contribution in [0.4, 0.5) is 0 Å². The first kappa shape index (κ1) is 19.5. The van der Waals surface area contributed by atoms with E-state index in [-0.39, 0.29) is 62.3 Å². The minimum absolute atomic E-state index is 0. The summed E-state index contributed by atoms with van der Waals surface area (Å²) in [6.07, 6.45) is 2.50. The zero-order chi connectivity index (χ0) is 8.10. The Bertz CT molecular complexity index is 271. The van der Waals surface area contributed by atoms with Gasteiger partial charge in [0.2, 0.25) is 0 Å². The molecule has 0 aliphatic carbocycles. The maximum absolute atomic E-state index is 9.97. The number of carboxylic acids is 1. The summed E-state index contributed by atoms with van der Waals surface area (Å²) in [5.74, 6) is -1.17. The zero-order valence-electron chi connectivity index (χ0n) is 7.75. The Kier molecular flexibility index (Phi) is 15.4. The molecule has 0 heterocycles. The predicted octanol–water partition coefficient (Wildman–Crippen LogP) is -2.90. The van der Waals surface area contributed by atoms with Gasteiger partial charge in [0.25, 0.3) is 0 Å². The maximum atomic E-state index is 9.97. The van der Waals surface area contributed by atoms with Crippen molar-refractivity contribution in [2.45, 2.75) is 0 Å². The first-order chi connectivity index (χ1) is 5.29. The van der Waals surface area contributed by atoms with Gasteiger partial charge in [0.15, 0.2) is 0 Å². The second-order valence-corrected chi connectivity index (χ2v) is 2.06. The Morgan fingerprint density at radius 3 is 2.07 bits per heavy atom. The first-order valence-corrected chi connectivity index (χ1v) is 3.23. The number of carbonyl (C=O) groups is 1. The summed E-state index contributed by atoms with van der Waals surface area (Å²) < 4.78 is 0. The molecule has 1 aromatic rings. The zero-order valence-corrected chi connectivity index (χ0v) is 10.9. The third-order valence-electron chi connectivity index (χ3n) is 1.21. The van der Waals surface area contributed by atoms with Crippen LogP contribution in [0.5, 0.6) is 0 Å². The molecule has 0 fully saturated rings. The molecule has 0 bridgehead atoms. The molecule has 72 valence electrons. The van der Waals surface area contributed by atoms with Crippen LogP contribution in [0.15, 0.2) is 36.4 Å².